The van der Waals surface area contributed by atoms with Crippen molar-refractivity contribution >= 4 is 17.6 Å². The number of rotatable bonds is 1. The molecule has 1 rings (SSSR count). The van der Waals surface area contributed by atoms with Gasteiger partial charge in [-0.3, -0.25) is 0 Å². The van der Waals surface area contributed by atoms with Crippen LogP contribution in [-0.2, 0) is 4.74 Å². The number of hydrogen-bond donors (Lipinski definition) is 0. The SMILES string of the molecule is COC(=O)c1nc(C)cc(C#N)c1Cl. The summed E-state index contributed by atoms with van der Waals surface area (Å²) in [7, 11) is 1.23. The van der Waals surface area contributed by atoms with E-state index in [4.69, 9.17) is 16.9 Å². The van der Waals surface area contributed by atoms with Crippen LogP contribution in [0.3, 0.4) is 0 Å². The van der Waals surface area contributed by atoms with Crippen LogP contribution in [0.4, 0.5) is 0 Å². The zero-order valence-corrected chi connectivity index (χ0v) is 8.42. The number of carbonyl (C=O) groups excluding carboxylic acids is 1. The number of ether oxygens (including phenoxy) is 1. The van der Waals surface area contributed by atoms with E-state index in [9.17, 15) is 4.79 Å². The summed E-state index contributed by atoms with van der Waals surface area (Å²) < 4.78 is 4.48. The van der Waals surface area contributed by atoms with E-state index in [1.165, 1.54) is 13.2 Å². The van der Waals surface area contributed by atoms with Gasteiger partial charge in [0.25, 0.3) is 0 Å². The molecule has 0 N–H and O–H groups in total. The van der Waals surface area contributed by atoms with E-state index in [1.807, 2.05) is 6.07 Å². The van der Waals surface area contributed by atoms with Gasteiger partial charge in [0, 0.05) is 5.69 Å². The van der Waals surface area contributed by atoms with Crippen LogP contribution >= 0.6 is 11.6 Å². The first-order valence-electron chi connectivity index (χ1n) is 3.75. The Morgan fingerprint density at radius 3 is 2.86 bits per heavy atom. The smallest absolute Gasteiger partial charge is 0.358 e. The molecule has 0 atom stereocenters. The van der Waals surface area contributed by atoms with E-state index in [1.54, 1.807) is 6.92 Å². The van der Waals surface area contributed by atoms with Gasteiger partial charge in [-0.25, -0.2) is 9.78 Å². The zero-order chi connectivity index (χ0) is 10.7. The standard InChI is InChI=1S/C9H7ClN2O2/c1-5-3-6(4-11)7(10)8(12-5)9(13)14-2/h3H,1-2H3. The van der Waals surface area contributed by atoms with E-state index in [2.05, 4.69) is 9.72 Å². The van der Waals surface area contributed by atoms with E-state index < -0.39 is 5.97 Å². The van der Waals surface area contributed by atoms with E-state index in [0.29, 0.717) is 5.69 Å². The molecule has 0 saturated heterocycles. The van der Waals surface area contributed by atoms with Crippen LogP contribution in [0.2, 0.25) is 5.02 Å². The van der Waals surface area contributed by atoms with E-state index in [-0.39, 0.29) is 16.3 Å². The van der Waals surface area contributed by atoms with Crippen LogP contribution in [-0.4, -0.2) is 18.1 Å². The van der Waals surface area contributed by atoms with Crippen molar-refractivity contribution in [3.63, 3.8) is 0 Å². The second-order valence-corrected chi connectivity index (χ2v) is 2.96. The lowest BCUT2D eigenvalue weighted by atomic mass is 10.2. The number of aryl methyl sites for hydroxylation is 1. The third-order valence-electron chi connectivity index (χ3n) is 1.58. The molecule has 0 aromatic carbocycles. The van der Waals surface area contributed by atoms with Gasteiger partial charge in [-0.1, -0.05) is 11.6 Å². The van der Waals surface area contributed by atoms with Gasteiger partial charge in [-0.05, 0) is 13.0 Å². The summed E-state index contributed by atoms with van der Waals surface area (Å²) in [6.07, 6.45) is 0. The van der Waals surface area contributed by atoms with Crippen molar-refractivity contribution in [2.24, 2.45) is 0 Å². The minimum Gasteiger partial charge on any atom is -0.464 e. The Morgan fingerprint density at radius 1 is 1.71 bits per heavy atom. The number of halogens is 1. The normalized spacial score (nSPS) is 9.29. The largest absolute Gasteiger partial charge is 0.464 e. The third kappa shape index (κ3) is 1.83. The molecule has 0 saturated carbocycles. The first-order valence-corrected chi connectivity index (χ1v) is 4.13. The number of pyridine rings is 1. The highest BCUT2D eigenvalue weighted by Crippen LogP contribution is 2.20. The summed E-state index contributed by atoms with van der Waals surface area (Å²) in [5, 5.41) is 8.74. The second-order valence-electron chi connectivity index (χ2n) is 2.58. The van der Waals surface area contributed by atoms with Crippen molar-refractivity contribution in [2.45, 2.75) is 6.92 Å². The molecule has 1 heterocycles. The lowest BCUT2D eigenvalue weighted by Gasteiger charge is -2.03. The molecule has 0 aliphatic carbocycles. The first kappa shape index (κ1) is 10.5. The van der Waals surface area contributed by atoms with Crippen molar-refractivity contribution in [3.8, 4) is 6.07 Å². The van der Waals surface area contributed by atoms with Crippen molar-refractivity contribution in [3.05, 3.63) is 28.0 Å². The van der Waals surface area contributed by atoms with Crippen LogP contribution in [0, 0.1) is 18.3 Å². The second kappa shape index (κ2) is 4.07. The molecule has 0 aliphatic rings. The average molecular weight is 211 g/mol. The molecule has 1 aromatic heterocycles. The van der Waals surface area contributed by atoms with Gasteiger partial charge < -0.3 is 4.74 Å². The molecule has 14 heavy (non-hydrogen) atoms. The van der Waals surface area contributed by atoms with E-state index in [0.717, 1.165) is 0 Å². The average Bonchev–Trinajstić information content (AvgIpc) is 2.19. The molecule has 5 heteroatoms. The molecule has 0 spiro atoms. The van der Waals surface area contributed by atoms with Crippen LogP contribution < -0.4 is 0 Å². The van der Waals surface area contributed by atoms with Crippen molar-refractivity contribution < 1.29 is 9.53 Å². The lowest BCUT2D eigenvalue weighted by Crippen LogP contribution is -2.07. The molecule has 0 amide bonds. The number of methoxy groups -OCH3 is 1. The zero-order valence-electron chi connectivity index (χ0n) is 7.67. The molecule has 72 valence electrons. The fourth-order valence-corrected chi connectivity index (χ4v) is 1.19. The monoisotopic (exact) mass is 210 g/mol. The number of nitrogens with zero attached hydrogens (tertiary/aromatic N) is 2. The summed E-state index contributed by atoms with van der Waals surface area (Å²) in [4.78, 5) is 15.1. The lowest BCUT2D eigenvalue weighted by molar-refractivity contribution is 0.0594. The molecule has 0 unspecified atom stereocenters. The van der Waals surface area contributed by atoms with Gasteiger partial charge in [0.05, 0.1) is 17.7 Å². The summed E-state index contributed by atoms with van der Waals surface area (Å²) in [5.41, 5.74) is 0.747. The maximum absolute atomic E-state index is 11.2. The maximum Gasteiger partial charge on any atom is 0.358 e. The minimum atomic E-state index is -0.643. The highest BCUT2D eigenvalue weighted by molar-refractivity contribution is 6.34. The number of aromatic nitrogens is 1. The fraction of sp³-hybridized carbons (Fsp3) is 0.222. The van der Waals surface area contributed by atoms with Crippen LogP contribution in [0.15, 0.2) is 6.07 Å². The predicted molar refractivity (Wildman–Crippen MR) is 50.0 cm³/mol. The molecule has 0 aliphatic heterocycles. The Hall–Kier alpha value is -1.60. The fourth-order valence-electron chi connectivity index (χ4n) is 0.971. The van der Waals surface area contributed by atoms with Crippen molar-refractivity contribution in [1.82, 2.24) is 4.98 Å². The summed E-state index contributed by atoms with van der Waals surface area (Å²) >= 11 is 5.77. The molecule has 0 bridgehead atoms. The highest BCUT2D eigenvalue weighted by atomic mass is 35.5. The Labute approximate surface area is 86.1 Å². The Balaban J connectivity index is 3.38. The minimum absolute atomic E-state index is 0.0225. The van der Waals surface area contributed by atoms with Gasteiger partial charge in [-0.2, -0.15) is 5.26 Å². The number of nitriles is 1. The van der Waals surface area contributed by atoms with E-state index >= 15 is 0 Å². The molecular formula is C9H7ClN2O2. The maximum atomic E-state index is 11.2. The quantitative estimate of drug-likeness (QED) is 0.662. The number of carbonyl (C=O) groups is 1. The van der Waals surface area contributed by atoms with Crippen LogP contribution in [0.1, 0.15) is 21.7 Å². The van der Waals surface area contributed by atoms with Gasteiger partial charge in [0.15, 0.2) is 5.69 Å². The third-order valence-corrected chi connectivity index (χ3v) is 1.97. The molecule has 0 radical (unpaired) electrons. The van der Waals surface area contributed by atoms with Gasteiger partial charge in [0.2, 0.25) is 0 Å². The van der Waals surface area contributed by atoms with Crippen molar-refractivity contribution in [1.29, 1.82) is 5.26 Å². The van der Waals surface area contributed by atoms with Gasteiger partial charge in [-0.15, -0.1) is 0 Å². The van der Waals surface area contributed by atoms with Gasteiger partial charge in [0.1, 0.15) is 6.07 Å². The topological polar surface area (TPSA) is 63.0 Å². The Bertz CT molecular complexity index is 424. The number of hydrogen-bond acceptors (Lipinski definition) is 4. The molecular weight excluding hydrogens is 204 g/mol. The van der Waals surface area contributed by atoms with Crippen molar-refractivity contribution in [2.75, 3.05) is 7.11 Å². The Kier molecular flexibility index (Phi) is 3.05. The Morgan fingerprint density at radius 2 is 2.36 bits per heavy atom. The first-order chi connectivity index (χ1) is 6.60. The predicted octanol–water partition coefficient (Wildman–Crippen LogP) is 1.70. The summed E-state index contributed by atoms with van der Waals surface area (Å²) in [5.74, 6) is -0.643. The molecule has 1 aromatic rings. The summed E-state index contributed by atoms with van der Waals surface area (Å²) in [6, 6.07) is 3.38. The molecule has 0 fully saturated rings. The van der Waals surface area contributed by atoms with Crippen LogP contribution in [0.5, 0.6) is 0 Å². The van der Waals surface area contributed by atoms with Gasteiger partial charge >= 0.3 is 5.97 Å². The molecule has 4 nitrogen and oxygen atoms in total. The van der Waals surface area contributed by atoms with Crippen LogP contribution in [0.25, 0.3) is 0 Å². The number of esters is 1. The highest BCUT2D eigenvalue weighted by Gasteiger charge is 2.16. The summed E-state index contributed by atoms with van der Waals surface area (Å²) in [6.45, 7) is 1.67.